The van der Waals surface area contributed by atoms with Gasteiger partial charge in [-0.25, -0.2) is 0 Å². The van der Waals surface area contributed by atoms with Crippen LogP contribution in [0.3, 0.4) is 0 Å². The third kappa shape index (κ3) is 4.34. The van der Waals surface area contributed by atoms with Crippen molar-refractivity contribution in [3.05, 3.63) is 65.7 Å². The molecule has 0 fully saturated rings. The Morgan fingerprint density at radius 1 is 1.10 bits per heavy atom. The van der Waals surface area contributed by atoms with E-state index in [2.05, 4.69) is 29.6 Å². The largest absolute Gasteiger partial charge is 0.496 e. The SMILES string of the molecule is COc1ccccc1CCNC(CC#N)c1ccccc1. The Morgan fingerprint density at radius 2 is 1.81 bits per heavy atom. The van der Waals surface area contributed by atoms with Gasteiger partial charge in [-0.05, 0) is 30.2 Å². The smallest absolute Gasteiger partial charge is 0.122 e. The summed E-state index contributed by atoms with van der Waals surface area (Å²) < 4.78 is 5.35. The molecule has 0 aliphatic rings. The molecule has 0 spiro atoms. The van der Waals surface area contributed by atoms with Gasteiger partial charge in [0.15, 0.2) is 0 Å². The van der Waals surface area contributed by atoms with Gasteiger partial charge in [0.1, 0.15) is 5.75 Å². The van der Waals surface area contributed by atoms with Gasteiger partial charge in [-0.2, -0.15) is 5.26 Å². The maximum atomic E-state index is 8.99. The molecule has 2 aromatic rings. The molecule has 0 aromatic heterocycles. The lowest BCUT2D eigenvalue weighted by molar-refractivity contribution is 0.408. The number of methoxy groups -OCH3 is 1. The second-order valence-electron chi connectivity index (χ2n) is 4.84. The standard InChI is InChI=1S/C18H20N2O/c1-21-18-10-6-5-9-16(18)12-14-20-17(11-13-19)15-7-3-2-4-8-15/h2-10,17,20H,11-12,14H2,1H3. The average Bonchev–Trinajstić information content (AvgIpc) is 2.55. The summed E-state index contributed by atoms with van der Waals surface area (Å²) in [6.45, 7) is 0.807. The average molecular weight is 280 g/mol. The van der Waals surface area contributed by atoms with E-state index in [1.807, 2.05) is 36.4 Å². The number of ether oxygens (including phenoxy) is 1. The molecule has 108 valence electrons. The van der Waals surface area contributed by atoms with E-state index in [4.69, 9.17) is 10.00 Å². The summed E-state index contributed by atoms with van der Waals surface area (Å²) in [7, 11) is 1.69. The molecule has 2 rings (SSSR count). The Balaban J connectivity index is 1.95. The predicted octanol–water partition coefficient (Wildman–Crippen LogP) is 3.48. The summed E-state index contributed by atoms with van der Waals surface area (Å²) >= 11 is 0. The fourth-order valence-electron chi connectivity index (χ4n) is 2.38. The number of hydrogen-bond donors (Lipinski definition) is 1. The van der Waals surface area contributed by atoms with Crippen LogP contribution in [0.15, 0.2) is 54.6 Å². The Labute approximate surface area is 126 Å². The third-order valence-electron chi connectivity index (χ3n) is 3.47. The zero-order chi connectivity index (χ0) is 14.9. The predicted molar refractivity (Wildman–Crippen MR) is 84.1 cm³/mol. The van der Waals surface area contributed by atoms with E-state index in [-0.39, 0.29) is 6.04 Å². The van der Waals surface area contributed by atoms with Crippen molar-refractivity contribution in [3.8, 4) is 11.8 Å². The molecular formula is C18H20N2O. The molecular weight excluding hydrogens is 260 g/mol. The maximum absolute atomic E-state index is 8.99. The Bertz CT molecular complexity index is 590. The van der Waals surface area contributed by atoms with Gasteiger partial charge in [0.05, 0.1) is 19.6 Å². The number of benzene rings is 2. The van der Waals surface area contributed by atoms with Gasteiger partial charge in [-0.3, -0.25) is 0 Å². The number of hydrogen-bond acceptors (Lipinski definition) is 3. The normalized spacial score (nSPS) is 11.6. The van der Waals surface area contributed by atoms with Crippen LogP contribution in [0.1, 0.15) is 23.6 Å². The van der Waals surface area contributed by atoms with E-state index >= 15 is 0 Å². The fraction of sp³-hybridized carbons (Fsp3) is 0.278. The molecule has 0 saturated carbocycles. The van der Waals surface area contributed by atoms with Gasteiger partial charge in [0, 0.05) is 6.04 Å². The van der Waals surface area contributed by atoms with Crippen LogP contribution >= 0.6 is 0 Å². The van der Waals surface area contributed by atoms with Gasteiger partial charge >= 0.3 is 0 Å². The summed E-state index contributed by atoms with van der Waals surface area (Å²) in [6.07, 6.45) is 1.34. The van der Waals surface area contributed by atoms with Crippen molar-refractivity contribution in [1.29, 1.82) is 5.26 Å². The summed E-state index contributed by atoms with van der Waals surface area (Å²) in [4.78, 5) is 0. The van der Waals surface area contributed by atoms with E-state index in [9.17, 15) is 0 Å². The number of para-hydroxylation sites is 1. The first-order valence-electron chi connectivity index (χ1n) is 7.12. The molecule has 21 heavy (non-hydrogen) atoms. The lowest BCUT2D eigenvalue weighted by Crippen LogP contribution is -2.23. The highest BCUT2D eigenvalue weighted by Gasteiger charge is 2.10. The van der Waals surface area contributed by atoms with Crippen molar-refractivity contribution in [2.75, 3.05) is 13.7 Å². The van der Waals surface area contributed by atoms with Crippen molar-refractivity contribution in [1.82, 2.24) is 5.32 Å². The number of nitrogens with one attached hydrogen (secondary N) is 1. The molecule has 0 saturated heterocycles. The number of rotatable bonds is 7. The van der Waals surface area contributed by atoms with Crippen LogP contribution in [0, 0.1) is 11.3 Å². The van der Waals surface area contributed by atoms with E-state index < -0.39 is 0 Å². The fourth-order valence-corrected chi connectivity index (χ4v) is 2.38. The summed E-state index contributed by atoms with van der Waals surface area (Å²) in [5, 5.41) is 12.4. The van der Waals surface area contributed by atoms with E-state index in [0.29, 0.717) is 6.42 Å². The van der Waals surface area contributed by atoms with Crippen LogP contribution in [-0.2, 0) is 6.42 Å². The van der Waals surface area contributed by atoms with E-state index in [1.54, 1.807) is 7.11 Å². The van der Waals surface area contributed by atoms with E-state index in [1.165, 1.54) is 5.56 Å². The van der Waals surface area contributed by atoms with Crippen molar-refractivity contribution >= 4 is 0 Å². The first kappa shape index (κ1) is 15.1. The Kier molecular flexibility index (Phi) is 5.81. The van der Waals surface area contributed by atoms with Crippen LogP contribution in [0.5, 0.6) is 5.75 Å². The van der Waals surface area contributed by atoms with Crippen LogP contribution in [0.4, 0.5) is 0 Å². The van der Waals surface area contributed by atoms with Crippen molar-refractivity contribution in [2.45, 2.75) is 18.9 Å². The van der Waals surface area contributed by atoms with Gasteiger partial charge < -0.3 is 10.1 Å². The van der Waals surface area contributed by atoms with Crippen molar-refractivity contribution in [3.63, 3.8) is 0 Å². The zero-order valence-corrected chi connectivity index (χ0v) is 12.3. The molecule has 0 radical (unpaired) electrons. The molecule has 2 aromatic carbocycles. The second-order valence-corrected chi connectivity index (χ2v) is 4.84. The van der Waals surface area contributed by atoms with Crippen LogP contribution < -0.4 is 10.1 Å². The molecule has 0 bridgehead atoms. The monoisotopic (exact) mass is 280 g/mol. The van der Waals surface area contributed by atoms with Crippen molar-refractivity contribution in [2.24, 2.45) is 0 Å². The van der Waals surface area contributed by atoms with Gasteiger partial charge in [-0.15, -0.1) is 0 Å². The Morgan fingerprint density at radius 3 is 2.52 bits per heavy atom. The minimum absolute atomic E-state index is 0.0749. The lowest BCUT2D eigenvalue weighted by Gasteiger charge is -2.17. The first-order valence-corrected chi connectivity index (χ1v) is 7.12. The maximum Gasteiger partial charge on any atom is 0.122 e. The minimum atomic E-state index is 0.0749. The lowest BCUT2D eigenvalue weighted by atomic mass is 10.0. The molecule has 3 heteroatoms. The van der Waals surface area contributed by atoms with Gasteiger partial charge in [0.2, 0.25) is 0 Å². The van der Waals surface area contributed by atoms with Crippen molar-refractivity contribution < 1.29 is 4.74 Å². The highest BCUT2D eigenvalue weighted by molar-refractivity contribution is 5.33. The summed E-state index contributed by atoms with van der Waals surface area (Å²) in [5.41, 5.74) is 2.33. The van der Waals surface area contributed by atoms with Crippen LogP contribution in [-0.4, -0.2) is 13.7 Å². The number of nitrogens with zero attached hydrogens (tertiary/aromatic N) is 1. The highest BCUT2D eigenvalue weighted by atomic mass is 16.5. The molecule has 0 aliphatic carbocycles. The Hall–Kier alpha value is -2.31. The summed E-state index contributed by atoms with van der Waals surface area (Å²) in [5.74, 6) is 0.913. The first-order chi connectivity index (χ1) is 10.3. The van der Waals surface area contributed by atoms with Crippen LogP contribution in [0.25, 0.3) is 0 Å². The second kappa shape index (κ2) is 8.08. The molecule has 0 heterocycles. The molecule has 1 unspecified atom stereocenters. The van der Waals surface area contributed by atoms with E-state index in [0.717, 1.165) is 24.3 Å². The molecule has 0 amide bonds. The molecule has 0 aliphatic heterocycles. The summed E-state index contributed by atoms with van der Waals surface area (Å²) in [6, 6.07) is 20.5. The highest BCUT2D eigenvalue weighted by Crippen LogP contribution is 2.19. The topological polar surface area (TPSA) is 45.0 Å². The van der Waals surface area contributed by atoms with Crippen LogP contribution in [0.2, 0.25) is 0 Å². The van der Waals surface area contributed by atoms with Gasteiger partial charge in [-0.1, -0.05) is 48.5 Å². The minimum Gasteiger partial charge on any atom is -0.496 e. The molecule has 1 N–H and O–H groups in total. The molecule has 3 nitrogen and oxygen atoms in total. The van der Waals surface area contributed by atoms with Gasteiger partial charge in [0.25, 0.3) is 0 Å². The quantitative estimate of drug-likeness (QED) is 0.844. The zero-order valence-electron chi connectivity index (χ0n) is 12.3. The molecule has 1 atom stereocenters. The third-order valence-corrected chi connectivity index (χ3v) is 3.47. The number of nitriles is 1.